The van der Waals surface area contributed by atoms with Gasteiger partial charge in [-0.25, -0.2) is 0 Å². The van der Waals surface area contributed by atoms with Gasteiger partial charge in [0, 0.05) is 22.1 Å². The predicted octanol–water partition coefficient (Wildman–Crippen LogP) is 4.12. The molecule has 1 nitrogen and oxygen atoms in total. The Bertz CT molecular complexity index is 594. The van der Waals surface area contributed by atoms with Gasteiger partial charge in [-0.1, -0.05) is 47.7 Å². The SMILES string of the molecule is OCC#Cc1ccc(CSCc2ccc(Cl)cc2)cc1. The first-order valence-electron chi connectivity index (χ1n) is 6.29. The van der Waals surface area contributed by atoms with Crippen molar-refractivity contribution in [2.24, 2.45) is 0 Å². The molecule has 2 rings (SSSR count). The number of benzene rings is 2. The summed E-state index contributed by atoms with van der Waals surface area (Å²) in [5, 5.41) is 9.41. The number of halogens is 1. The molecule has 3 heteroatoms. The van der Waals surface area contributed by atoms with E-state index < -0.39 is 0 Å². The molecule has 0 amide bonds. The summed E-state index contributed by atoms with van der Waals surface area (Å²) in [6.07, 6.45) is 0. The third-order valence-corrected chi connectivity index (χ3v) is 4.04. The van der Waals surface area contributed by atoms with E-state index in [-0.39, 0.29) is 6.61 Å². The summed E-state index contributed by atoms with van der Waals surface area (Å²) in [5.74, 6) is 7.48. The molecule has 0 unspecified atom stereocenters. The minimum atomic E-state index is -0.0985. The van der Waals surface area contributed by atoms with Crippen molar-refractivity contribution >= 4 is 23.4 Å². The number of thioether (sulfide) groups is 1. The predicted molar refractivity (Wildman–Crippen MR) is 86.9 cm³/mol. The van der Waals surface area contributed by atoms with Crippen molar-refractivity contribution in [1.29, 1.82) is 0 Å². The summed E-state index contributed by atoms with van der Waals surface area (Å²) in [6, 6.07) is 16.1. The summed E-state index contributed by atoms with van der Waals surface area (Å²) >= 11 is 7.73. The van der Waals surface area contributed by atoms with Gasteiger partial charge in [-0.15, -0.1) is 0 Å². The maximum atomic E-state index is 8.64. The van der Waals surface area contributed by atoms with Gasteiger partial charge in [0.1, 0.15) is 6.61 Å². The van der Waals surface area contributed by atoms with Crippen molar-refractivity contribution in [3.63, 3.8) is 0 Å². The maximum Gasteiger partial charge on any atom is 0.104 e. The Labute approximate surface area is 129 Å². The highest BCUT2D eigenvalue weighted by Crippen LogP contribution is 2.19. The van der Waals surface area contributed by atoms with E-state index in [0.29, 0.717) is 0 Å². The summed E-state index contributed by atoms with van der Waals surface area (Å²) in [6.45, 7) is -0.0985. The first-order valence-corrected chi connectivity index (χ1v) is 7.82. The molecule has 0 radical (unpaired) electrons. The van der Waals surface area contributed by atoms with Gasteiger partial charge in [0.15, 0.2) is 0 Å². The molecule has 20 heavy (non-hydrogen) atoms. The second-order valence-electron chi connectivity index (χ2n) is 4.28. The minimum Gasteiger partial charge on any atom is -0.384 e. The molecule has 102 valence electrons. The minimum absolute atomic E-state index is 0.0985. The largest absolute Gasteiger partial charge is 0.384 e. The van der Waals surface area contributed by atoms with Crippen molar-refractivity contribution in [1.82, 2.24) is 0 Å². The van der Waals surface area contributed by atoms with Crippen molar-refractivity contribution in [3.05, 3.63) is 70.2 Å². The van der Waals surface area contributed by atoms with Crippen LogP contribution in [0.3, 0.4) is 0 Å². The Hall–Kier alpha value is -1.40. The molecule has 0 aliphatic rings. The highest BCUT2D eigenvalue weighted by molar-refractivity contribution is 7.97. The second kappa shape index (κ2) is 8.01. The third kappa shape index (κ3) is 4.94. The lowest BCUT2D eigenvalue weighted by Crippen LogP contribution is -1.84. The molecule has 0 fully saturated rings. The van der Waals surface area contributed by atoms with Crippen molar-refractivity contribution < 1.29 is 5.11 Å². The molecule has 0 saturated carbocycles. The number of hydrogen-bond acceptors (Lipinski definition) is 2. The van der Waals surface area contributed by atoms with Crippen LogP contribution in [-0.2, 0) is 11.5 Å². The van der Waals surface area contributed by atoms with Crippen LogP contribution in [-0.4, -0.2) is 11.7 Å². The van der Waals surface area contributed by atoms with Gasteiger partial charge in [-0.2, -0.15) is 11.8 Å². The number of aliphatic hydroxyl groups excluding tert-OH is 1. The molecule has 2 aromatic rings. The van der Waals surface area contributed by atoms with E-state index in [2.05, 4.69) is 36.1 Å². The molecule has 0 heterocycles. The highest BCUT2D eigenvalue weighted by Gasteiger charge is 1.97. The zero-order valence-corrected chi connectivity index (χ0v) is 12.5. The average molecular weight is 303 g/mol. The second-order valence-corrected chi connectivity index (χ2v) is 5.70. The van der Waals surface area contributed by atoms with Gasteiger partial charge in [0.05, 0.1) is 0 Å². The van der Waals surface area contributed by atoms with Crippen LogP contribution in [0.2, 0.25) is 5.02 Å². The lowest BCUT2D eigenvalue weighted by atomic mass is 10.1. The molecule has 1 N–H and O–H groups in total. The average Bonchev–Trinajstić information content (AvgIpc) is 2.48. The molecular formula is C17H15ClOS. The van der Waals surface area contributed by atoms with Crippen LogP contribution in [0, 0.1) is 11.8 Å². The number of hydrogen-bond donors (Lipinski definition) is 1. The Morgan fingerprint density at radius 1 is 0.900 bits per heavy atom. The fourth-order valence-electron chi connectivity index (χ4n) is 1.69. The smallest absolute Gasteiger partial charge is 0.104 e. The van der Waals surface area contributed by atoms with Crippen LogP contribution in [0.15, 0.2) is 48.5 Å². The van der Waals surface area contributed by atoms with Crippen LogP contribution in [0.4, 0.5) is 0 Å². The monoisotopic (exact) mass is 302 g/mol. The fraction of sp³-hybridized carbons (Fsp3) is 0.176. The molecule has 2 aromatic carbocycles. The van der Waals surface area contributed by atoms with E-state index in [4.69, 9.17) is 16.7 Å². The van der Waals surface area contributed by atoms with Gasteiger partial charge < -0.3 is 5.11 Å². The third-order valence-electron chi connectivity index (χ3n) is 2.72. The van der Waals surface area contributed by atoms with Gasteiger partial charge in [0.25, 0.3) is 0 Å². The van der Waals surface area contributed by atoms with E-state index in [9.17, 15) is 0 Å². The number of aliphatic hydroxyl groups is 1. The van der Waals surface area contributed by atoms with E-state index in [1.807, 2.05) is 36.0 Å². The molecule has 0 spiro atoms. The normalized spacial score (nSPS) is 9.90. The van der Waals surface area contributed by atoms with Gasteiger partial charge in [-0.05, 0) is 35.4 Å². The lowest BCUT2D eigenvalue weighted by Gasteiger charge is -2.03. The topological polar surface area (TPSA) is 20.2 Å². The van der Waals surface area contributed by atoms with Crippen LogP contribution < -0.4 is 0 Å². The van der Waals surface area contributed by atoms with E-state index in [1.165, 1.54) is 11.1 Å². The molecule has 0 aliphatic carbocycles. The Morgan fingerprint density at radius 3 is 2.00 bits per heavy atom. The quantitative estimate of drug-likeness (QED) is 0.858. The van der Waals surface area contributed by atoms with Gasteiger partial charge in [0.2, 0.25) is 0 Å². The molecular weight excluding hydrogens is 288 g/mol. The lowest BCUT2D eigenvalue weighted by molar-refractivity contribution is 0.350. The number of rotatable bonds is 4. The summed E-state index contributed by atoms with van der Waals surface area (Å²) < 4.78 is 0. The Balaban J connectivity index is 1.83. The highest BCUT2D eigenvalue weighted by atomic mass is 35.5. The fourth-order valence-corrected chi connectivity index (χ4v) is 2.78. The zero-order valence-electron chi connectivity index (χ0n) is 11.0. The van der Waals surface area contributed by atoms with Gasteiger partial charge >= 0.3 is 0 Å². The van der Waals surface area contributed by atoms with Crippen molar-refractivity contribution in [2.45, 2.75) is 11.5 Å². The van der Waals surface area contributed by atoms with Crippen LogP contribution in [0.5, 0.6) is 0 Å². The molecule has 0 aromatic heterocycles. The maximum absolute atomic E-state index is 8.64. The molecule has 0 atom stereocenters. The molecule has 0 saturated heterocycles. The molecule has 0 bridgehead atoms. The van der Waals surface area contributed by atoms with Crippen LogP contribution in [0.1, 0.15) is 16.7 Å². The summed E-state index contributed by atoms with van der Waals surface area (Å²) in [4.78, 5) is 0. The summed E-state index contributed by atoms with van der Waals surface area (Å²) in [5.41, 5.74) is 3.49. The first kappa shape index (κ1) is 15.0. The van der Waals surface area contributed by atoms with Gasteiger partial charge in [-0.3, -0.25) is 0 Å². The van der Waals surface area contributed by atoms with E-state index >= 15 is 0 Å². The standard InChI is InChI=1S/C17H15ClOS/c18-17-9-7-16(8-10-17)13-20-12-15-5-3-14(4-6-15)2-1-11-19/h3-10,19H,11-13H2. The van der Waals surface area contributed by atoms with E-state index in [1.54, 1.807) is 0 Å². The van der Waals surface area contributed by atoms with E-state index in [0.717, 1.165) is 22.1 Å². The van der Waals surface area contributed by atoms with Crippen LogP contribution >= 0.6 is 23.4 Å². The summed E-state index contributed by atoms with van der Waals surface area (Å²) in [7, 11) is 0. The Kier molecular flexibility index (Phi) is 6.01. The van der Waals surface area contributed by atoms with Crippen molar-refractivity contribution in [3.8, 4) is 11.8 Å². The Morgan fingerprint density at radius 2 is 1.45 bits per heavy atom. The molecule has 0 aliphatic heterocycles. The first-order chi connectivity index (χ1) is 9.78. The zero-order chi connectivity index (χ0) is 14.2. The van der Waals surface area contributed by atoms with Crippen molar-refractivity contribution in [2.75, 3.05) is 6.61 Å². The van der Waals surface area contributed by atoms with Crippen LogP contribution in [0.25, 0.3) is 0 Å².